The number of ether oxygens (including phenoxy) is 1. The van der Waals surface area contributed by atoms with Gasteiger partial charge in [-0.15, -0.1) is 11.6 Å². The maximum Gasteiger partial charge on any atom is 0.416 e. The zero-order valence-corrected chi connectivity index (χ0v) is 17.7. The Morgan fingerprint density at radius 1 is 1.16 bits per heavy atom. The highest BCUT2D eigenvalue weighted by atomic mass is 35.5. The first-order valence-corrected chi connectivity index (χ1v) is 10.1. The molecule has 0 aromatic heterocycles. The van der Waals surface area contributed by atoms with Crippen LogP contribution in [-0.2, 0) is 31.7 Å². The molecule has 2 amide bonds. The van der Waals surface area contributed by atoms with Crippen molar-refractivity contribution in [3.63, 3.8) is 0 Å². The monoisotopic (exact) mass is 468 g/mol. The van der Waals surface area contributed by atoms with Crippen LogP contribution in [-0.4, -0.2) is 42.4 Å². The maximum atomic E-state index is 13.1. The minimum absolute atomic E-state index is 0.0248. The fraction of sp³-hybridized carbons (Fsp3) is 0.318. The molecule has 170 valence electrons. The Morgan fingerprint density at radius 3 is 2.34 bits per heavy atom. The lowest BCUT2D eigenvalue weighted by Gasteiger charge is -2.27. The second-order valence-corrected chi connectivity index (χ2v) is 7.82. The first-order valence-electron chi connectivity index (χ1n) is 9.66. The van der Waals surface area contributed by atoms with Crippen molar-refractivity contribution in [3.05, 3.63) is 65.7 Å². The molecular weight excluding hydrogens is 449 g/mol. The molecule has 0 radical (unpaired) electrons. The third-order valence-corrected chi connectivity index (χ3v) is 5.59. The topological polar surface area (TPSA) is 75.7 Å². The van der Waals surface area contributed by atoms with Crippen molar-refractivity contribution in [2.75, 3.05) is 18.6 Å². The molecule has 0 spiro atoms. The lowest BCUT2D eigenvalue weighted by Crippen LogP contribution is -2.61. The summed E-state index contributed by atoms with van der Waals surface area (Å²) in [5.41, 5.74) is -1.80. The number of halogens is 4. The summed E-state index contributed by atoms with van der Waals surface area (Å²) < 4.78 is 42.9. The molecule has 2 atom stereocenters. The third-order valence-electron chi connectivity index (χ3n) is 5.24. The predicted octanol–water partition coefficient (Wildman–Crippen LogP) is 3.32. The number of benzene rings is 2. The predicted molar refractivity (Wildman–Crippen MR) is 111 cm³/mol. The van der Waals surface area contributed by atoms with Crippen molar-refractivity contribution >= 4 is 35.1 Å². The highest BCUT2D eigenvalue weighted by Gasteiger charge is 2.55. The Morgan fingerprint density at radius 2 is 1.78 bits per heavy atom. The normalized spacial score (nSPS) is 19.5. The highest BCUT2D eigenvalue weighted by Crippen LogP contribution is 2.31. The van der Waals surface area contributed by atoms with Gasteiger partial charge in [0, 0.05) is 18.7 Å². The largest absolute Gasteiger partial charge is 0.467 e. The van der Waals surface area contributed by atoms with Gasteiger partial charge in [0.2, 0.25) is 11.4 Å². The average Bonchev–Trinajstić information content (AvgIpc) is 3.10. The summed E-state index contributed by atoms with van der Waals surface area (Å²) in [6.07, 6.45) is -4.60. The number of alkyl halides is 4. The van der Waals surface area contributed by atoms with Crippen molar-refractivity contribution < 1.29 is 32.3 Å². The van der Waals surface area contributed by atoms with Gasteiger partial charge >= 0.3 is 12.1 Å². The number of anilines is 1. The number of nitrogens with one attached hydrogen (secondary N) is 1. The van der Waals surface area contributed by atoms with Gasteiger partial charge in [-0.3, -0.25) is 9.59 Å². The minimum atomic E-state index is -4.48. The van der Waals surface area contributed by atoms with Crippen LogP contribution < -0.4 is 10.2 Å². The maximum absolute atomic E-state index is 13.1. The first-order chi connectivity index (χ1) is 15.1. The summed E-state index contributed by atoms with van der Waals surface area (Å²) in [5, 5.41) is 1.20. The average molecular weight is 469 g/mol. The summed E-state index contributed by atoms with van der Waals surface area (Å²) in [6, 6.07) is 12.9. The highest BCUT2D eigenvalue weighted by molar-refractivity contribution is 6.31. The number of carbonyl (C=O) groups is 3. The Bertz CT molecular complexity index is 998. The number of para-hydroxylation sites is 1. The molecule has 1 heterocycles. The SMILES string of the molecule is COC(=O)C1(NC(=O)C(Cl)Cc2ccc(C(F)(F)F)cc2)CCN(c2ccccc2)C1=O. The molecule has 1 saturated heterocycles. The van der Waals surface area contributed by atoms with Gasteiger partial charge < -0.3 is 15.0 Å². The van der Waals surface area contributed by atoms with Crippen LogP contribution in [0.1, 0.15) is 17.5 Å². The number of methoxy groups -OCH3 is 1. The molecule has 32 heavy (non-hydrogen) atoms. The number of carbonyl (C=O) groups excluding carboxylic acids is 3. The number of nitrogens with zero attached hydrogens (tertiary/aromatic N) is 1. The van der Waals surface area contributed by atoms with Crippen molar-refractivity contribution in [2.24, 2.45) is 0 Å². The van der Waals surface area contributed by atoms with E-state index in [-0.39, 0.29) is 19.4 Å². The van der Waals surface area contributed by atoms with Gasteiger partial charge in [-0.25, -0.2) is 4.79 Å². The molecule has 2 aromatic carbocycles. The summed E-state index contributed by atoms with van der Waals surface area (Å²) >= 11 is 6.17. The molecule has 1 aliphatic rings. The first kappa shape index (κ1) is 23.6. The van der Waals surface area contributed by atoms with E-state index in [1.165, 1.54) is 17.0 Å². The minimum Gasteiger partial charge on any atom is -0.467 e. The van der Waals surface area contributed by atoms with E-state index in [0.717, 1.165) is 19.2 Å². The van der Waals surface area contributed by atoms with E-state index in [1.54, 1.807) is 30.3 Å². The van der Waals surface area contributed by atoms with E-state index >= 15 is 0 Å². The molecule has 10 heteroatoms. The second kappa shape index (κ2) is 9.20. The molecular formula is C22H20ClF3N2O4. The van der Waals surface area contributed by atoms with Crippen molar-refractivity contribution in [1.82, 2.24) is 5.32 Å². The standard InChI is InChI=1S/C22H20ClF3N2O4/c1-32-20(31)21(11-12-28(19(21)30)16-5-3-2-4-6-16)27-18(29)17(23)13-14-7-9-15(10-8-14)22(24,25)26/h2-10,17H,11-13H2,1H3,(H,27,29). The van der Waals surface area contributed by atoms with Gasteiger partial charge in [0.1, 0.15) is 5.38 Å². The molecule has 2 unspecified atom stereocenters. The van der Waals surface area contributed by atoms with Crippen LogP contribution in [0.5, 0.6) is 0 Å². The van der Waals surface area contributed by atoms with Crippen LogP contribution >= 0.6 is 11.6 Å². The Hall–Kier alpha value is -3.07. The second-order valence-electron chi connectivity index (χ2n) is 7.29. The van der Waals surface area contributed by atoms with E-state index in [4.69, 9.17) is 16.3 Å². The molecule has 1 fully saturated rings. The molecule has 0 bridgehead atoms. The van der Waals surface area contributed by atoms with Crippen LogP contribution in [0.2, 0.25) is 0 Å². The number of esters is 1. The summed E-state index contributed by atoms with van der Waals surface area (Å²) in [7, 11) is 1.11. The van der Waals surface area contributed by atoms with Crippen molar-refractivity contribution in [1.29, 1.82) is 0 Å². The number of rotatable bonds is 6. The molecule has 6 nitrogen and oxygen atoms in total. The fourth-order valence-electron chi connectivity index (χ4n) is 3.52. The van der Waals surface area contributed by atoms with Gasteiger partial charge in [0.05, 0.1) is 12.7 Å². The van der Waals surface area contributed by atoms with Crippen LogP contribution in [0.25, 0.3) is 0 Å². The number of amides is 2. The van der Waals surface area contributed by atoms with Crippen LogP contribution in [0, 0.1) is 0 Å². The van der Waals surface area contributed by atoms with E-state index in [1.807, 2.05) is 0 Å². The van der Waals surface area contributed by atoms with E-state index in [2.05, 4.69) is 5.32 Å². The van der Waals surface area contributed by atoms with E-state index < -0.39 is 40.4 Å². The molecule has 1 aliphatic heterocycles. The van der Waals surface area contributed by atoms with E-state index in [0.29, 0.717) is 11.3 Å². The van der Waals surface area contributed by atoms with Crippen LogP contribution in [0.3, 0.4) is 0 Å². The van der Waals surface area contributed by atoms with Crippen LogP contribution in [0.15, 0.2) is 54.6 Å². The lowest BCUT2D eigenvalue weighted by molar-refractivity contribution is -0.154. The third kappa shape index (κ3) is 4.72. The lowest BCUT2D eigenvalue weighted by atomic mass is 9.96. The van der Waals surface area contributed by atoms with Gasteiger partial charge in [0.25, 0.3) is 5.91 Å². The van der Waals surface area contributed by atoms with Gasteiger partial charge in [-0.05, 0) is 36.2 Å². The Kier molecular flexibility index (Phi) is 6.78. The molecule has 0 saturated carbocycles. The van der Waals surface area contributed by atoms with Crippen molar-refractivity contribution in [3.8, 4) is 0 Å². The van der Waals surface area contributed by atoms with Gasteiger partial charge in [-0.1, -0.05) is 30.3 Å². The summed E-state index contributed by atoms with van der Waals surface area (Å²) in [4.78, 5) is 39.8. The van der Waals surface area contributed by atoms with Gasteiger partial charge in [0.15, 0.2) is 0 Å². The van der Waals surface area contributed by atoms with Crippen LogP contribution in [0.4, 0.5) is 18.9 Å². The molecule has 0 aliphatic carbocycles. The number of hydrogen-bond donors (Lipinski definition) is 1. The quantitative estimate of drug-likeness (QED) is 0.401. The number of hydrogen-bond acceptors (Lipinski definition) is 4. The molecule has 2 aromatic rings. The Balaban J connectivity index is 1.75. The van der Waals surface area contributed by atoms with E-state index in [9.17, 15) is 27.6 Å². The zero-order valence-electron chi connectivity index (χ0n) is 17.0. The fourth-order valence-corrected chi connectivity index (χ4v) is 3.75. The summed E-state index contributed by atoms with van der Waals surface area (Å²) in [6.45, 7) is 0.171. The molecule has 1 N–H and O–H groups in total. The summed E-state index contributed by atoms with van der Waals surface area (Å²) in [5.74, 6) is -2.38. The van der Waals surface area contributed by atoms with Crippen molar-refractivity contribution in [2.45, 2.75) is 29.9 Å². The Labute approximate surface area is 187 Å². The smallest absolute Gasteiger partial charge is 0.416 e. The zero-order chi connectivity index (χ0) is 23.5. The van der Waals surface area contributed by atoms with Gasteiger partial charge in [-0.2, -0.15) is 13.2 Å². The molecule has 3 rings (SSSR count).